The van der Waals surface area contributed by atoms with Crippen LogP contribution in [0, 0.1) is 5.41 Å². The largest absolute Gasteiger partial charge is 0.313 e. The Morgan fingerprint density at radius 1 is 1.29 bits per heavy atom. The van der Waals surface area contributed by atoms with E-state index in [-0.39, 0.29) is 0 Å². The zero-order chi connectivity index (χ0) is 10.8. The lowest BCUT2D eigenvalue weighted by Crippen LogP contribution is -2.43. The molecule has 2 nitrogen and oxygen atoms in total. The Bertz CT molecular complexity index is 172. The van der Waals surface area contributed by atoms with Gasteiger partial charge in [-0.2, -0.15) is 0 Å². The molecule has 2 atom stereocenters. The number of rotatable bonds is 1. The minimum absolute atomic E-state index is 0.396. The third-order valence-corrected chi connectivity index (χ3v) is 3.54. The molecule has 0 amide bonds. The van der Waals surface area contributed by atoms with E-state index >= 15 is 0 Å². The van der Waals surface area contributed by atoms with Gasteiger partial charge in [-0.25, -0.2) is 0 Å². The molecule has 1 N–H and O–H groups in total. The summed E-state index contributed by atoms with van der Waals surface area (Å²) in [5.41, 5.74) is 0.396. The Morgan fingerprint density at radius 2 is 1.93 bits per heavy atom. The van der Waals surface area contributed by atoms with Crippen molar-refractivity contribution in [2.45, 2.75) is 53.1 Å². The van der Waals surface area contributed by atoms with Crippen LogP contribution in [-0.4, -0.2) is 36.6 Å². The van der Waals surface area contributed by atoms with Crippen LogP contribution in [0.4, 0.5) is 0 Å². The predicted molar refractivity (Wildman–Crippen MR) is 62.6 cm³/mol. The molecule has 14 heavy (non-hydrogen) atoms. The molecule has 2 heteroatoms. The zero-order valence-electron chi connectivity index (χ0n) is 10.4. The fourth-order valence-corrected chi connectivity index (χ4v) is 1.96. The van der Waals surface area contributed by atoms with Crippen LogP contribution in [0.3, 0.4) is 0 Å². The van der Waals surface area contributed by atoms with Crippen LogP contribution >= 0.6 is 0 Å². The molecule has 1 aliphatic heterocycles. The maximum Gasteiger partial charge on any atom is 0.0116 e. The molecule has 84 valence electrons. The van der Waals surface area contributed by atoms with Crippen molar-refractivity contribution in [3.63, 3.8) is 0 Å². The van der Waals surface area contributed by atoms with Gasteiger partial charge in [-0.1, -0.05) is 20.8 Å². The maximum atomic E-state index is 3.54. The fourth-order valence-electron chi connectivity index (χ4n) is 1.96. The fraction of sp³-hybridized carbons (Fsp3) is 1.00. The van der Waals surface area contributed by atoms with E-state index in [1.165, 1.54) is 19.5 Å². The maximum absolute atomic E-state index is 3.54. The topological polar surface area (TPSA) is 15.3 Å². The Hall–Kier alpha value is -0.0800. The molecule has 1 saturated heterocycles. The average molecular weight is 198 g/mol. The van der Waals surface area contributed by atoms with Crippen molar-refractivity contribution >= 4 is 0 Å². The SMILES string of the molecule is CC1CCN(C(C)C(C)(C)C)CCN1. The number of nitrogens with zero attached hydrogens (tertiary/aromatic N) is 1. The molecular formula is C12H26N2. The van der Waals surface area contributed by atoms with Gasteiger partial charge in [0.25, 0.3) is 0 Å². The summed E-state index contributed by atoms with van der Waals surface area (Å²) >= 11 is 0. The normalized spacial score (nSPS) is 28.5. The van der Waals surface area contributed by atoms with E-state index in [4.69, 9.17) is 0 Å². The highest BCUT2D eigenvalue weighted by atomic mass is 15.2. The number of hydrogen-bond donors (Lipinski definition) is 1. The Balaban J connectivity index is 2.51. The summed E-state index contributed by atoms with van der Waals surface area (Å²) in [6.07, 6.45) is 1.28. The molecule has 0 aliphatic carbocycles. The number of nitrogens with one attached hydrogen (secondary N) is 1. The van der Waals surface area contributed by atoms with Gasteiger partial charge in [0.1, 0.15) is 0 Å². The van der Waals surface area contributed by atoms with E-state index in [2.05, 4.69) is 44.8 Å². The van der Waals surface area contributed by atoms with E-state index in [0.717, 1.165) is 6.54 Å². The van der Waals surface area contributed by atoms with Crippen molar-refractivity contribution in [1.82, 2.24) is 10.2 Å². The summed E-state index contributed by atoms with van der Waals surface area (Å²) in [6, 6.07) is 1.36. The first-order chi connectivity index (χ1) is 6.41. The number of hydrogen-bond acceptors (Lipinski definition) is 2. The predicted octanol–water partition coefficient (Wildman–Crippen LogP) is 2.10. The van der Waals surface area contributed by atoms with Crippen LogP contribution in [0.5, 0.6) is 0 Å². The van der Waals surface area contributed by atoms with Gasteiger partial charge in [-0.15, -0.1) is 0 Å². The first-order valence-electron chi connectivity index (χ1n) is 5.88. The lowest BCUT2D eigenvalue weighted by molar-refractivity contribution is 0.119. The second kappa shape index (κ2) is 4.63. The van der Waals surface area contributed by atoms with Gasteiger partial charge < -0.3 is 5.32 Å². The van der Waals surface area contributed by atoms with Gasteiger partial charge in [0.2, 0.25) is 0 Å². The molecule has 1 rings (SSSR count). The highest BCUT2D eigenvalue weighted by Gasteiger charge is 2.27. The Labute approximate surface area is 89.1 Å². The van der Waals surface area contributed by atoms with Crippen LogP contribution in [-0.2, 0) is 0 Å². The van der Waals surface area contributed by atoms with Crippen LogP contribution in [0.1, 0.15) is 41.0 Å². The molecule has 0 bridgehead atoms. The molecule has 0 aromatic heterocycles. The molecular weight excluding hydrogens is 172 g/mol. The van der Waals surface area contributed by atoms with Gasteiger partial charge in [-0.3, -0.25) is 4.90 Å². The summed E-state index contributed by atoms with van der Waals surface area (Å²) in [6.45, 7) is 15.2. The average Bonchev–Trinajstić information content (AvgIpc) is 2.27. The Kier molecular flexibility index (Phi) is 3.96. The second-order valence-electron chi connectivity index (χ2n) is 5.72. The summed E-state index contributed by atoms with van der Waals surface area (Å²) in [4.78, 5) is 2.62. The smallest absolute Gasteiger partial charge is 0.0116 e. The lowest BCUT2D eigenvalue weighted by atomic mass is 9.87. The van der Waals surface area contributed by atoms with Crippen molar-refractivity contribution < 1.29 is 0 Å². The van der Waals surface area contributed by atoms with E-state index in [9.17, 15) is 0 Å². The third kappa shape index (κ3) is 3.25. The summed E-state index contributed by atoms with van der Waals surface area (Å²) < 4.78 is 0. The summed E-state index contributed by atoms with van der Waals surface area (Å²) in [7, 11) is 0. The van der Waals surface area contributed by atoms with Gasteiger partial charge in [0.05, 0.1) is 0 Å². The molecule has 0 aromatic carbocycles. The van der Waals surface area contributed by atoms with E-state index < -0.39 is 0 Å². The highest BCUT2D eigenvalue weighted by molar-refractivity contribution is 4.82. The van der Waals surface area contributed by atoms with Crippen molar-refractivity contribution in [2.75, 3.05) is 19.6 Å². The monoisotopic (exact) mass is 198 g/mol. The van der Waals surface area contributed by atoms with Crippen LogP contribution < -0.4 is 5.32 Å². The molecule has 2 unspecified atom stereocenters. The highest BCUT2D eigenvalue weighted by Crippen LogP contribution is 2.24. The quantitative estimate of drug-likeness (QED) is 0.694. The van der Waals surface area contributed by atoms with Crippen LogP contribution in [0.2, 0.25) is 0 Å². The third-order valence-electron chi connectivity index (χ3n) is 3.54. The first-order valence-corrected chi connectivity index (χ1v) is 5.88. The molecule has 0 radical (unpaired) electrons. The second-order valence-corrected chi connectivity index (χ2v) is 5.72. The molecule has 1 aliphatic rings. The molecule has 0 aromatic rings. The molecule has 1 fully saturated rings. The molecule has 0 spiro atoms. The van der Waals surface area contributed by atoms with Gasteiger partial charge in [-0.05, 0) is 32.2 Å². The zero-order valence-corrected chi connectivity index (χ0v) is 10.4. The van der Waals surface area contributed by atoms with Gasteiger partial charge >= 0.3 is 0 Å². The van der Waals surface area contributed by atoms with Crippen molar-refractivity contribution in [1.29, 1.82) is 0 Å². The van der Waals surface area contributed by atoms with Gasteiger partial charge in [0, 0.05) is 25.2 Å². The van der Waals surface area contributed by atoms with Crippen molar-refractivity contribution in [2.24, 2.45) is 5.41 Å². The minimum Gasteiger partial charge on any atom is -0.313 e. The molecule has 0 saturated carbocycles. The first kappa shape index (κ1) is 12.0. The summed E-state index contributed by atoms with van der Waals surface area (Å²) in [5.74, 6) is 0. The Morgan fingerprint density at radius 3 is 2.50 bits per heavy atom. The molecule has 1 heterocycles. The standard InChI is InChI=1S/C12H26N2/c1-10-6-8-14(9-7-13-10)11(2)12(3,4)5/h10-11,13H,6-9H2,1-5H3. The van der Waals surface area contributed by atoms with Crippen molar-refractivity contribution in [3.05, 3.63) is 0 Å². The van der Waals surface area contributed by atoms with E-state index in [0.29, 0.717) is 17.5 Å². The van der Waals surface area contributed by atoms with Crippen LogP contribution in [0.15, 0.2) is 0 Å². The minimum atomic E-state index is 0.396. The van der Waals surface area contributed by atoms with Crippen LogP contribution in [0.25, 0.3) is 0 Å². The van der Waals surface area contributed by atoms with Gasteiger partial charge in [0.15, 0.2) is 0 Å². The summed E-state index contributed by atoms with van der Waals surface area (Å²) in [5, 5.41) is 3.54. The van der Waals surface area contributed by atoms with E-state index in [1.54, 1.807) is 0 Å². The lowest BCUT2D eigenvalue weighted by Gasteiger charge is -2.37. The van der Waals surface area contributed by atoms with E-state index in [1.807, 2.05) is 0 Å². The van der Waals surface area contributed by atoms with Crippen molar-refractivity contribution in [3.8, 4) is 0 Å².